The van der Waals surface area contributed by atoms with Gasteiger partial charge in [0.05, 0.1) is 5.56 Å². The van der Waals surface area contributed by atoms with Gasteiger partial charge in [-0.15, -0.1) is 0 Å². The van der Waals surface area contributed by atoms with Crippen LogP contribution in [0.15, 0.2) is 35.0 Å². The molecule has 16 heavy (non-hydrogen) atoms. The largest absolute Gasteiger partial charge is 0.416 e. The highest BCUT2D eigenvalue weighted by Crippen LogP contribution is 2.28. The Morgan fingerprint density at radius 3 is 2.00 bits per heavy atom. The molecule has 0 spiro atoms. The van der Waals surface area contributed by atoms with Crippen molar-refractivity contribution in [1.29, 1.82) is 0 Å². The molecule has 88 valence electrons. The van der Waals surface area contributed by atoms with Gasteiger partial charge in [-0.3, -0.25) is 0 Å². The number of hydrogen-bond donors (Lipinski definition) is 0. The van der Waals surface area contributed by atoms with E-state index in [9.17, 15) is 13.2 Å². The standard InChI is InChI=1S/C11H12BrF3Si/c1-16(2,8-7-12)10-5-3-9(4-6-10)11(13,14)15/h3-8H,1-2H3/b8-7+. The van der Waals surface area contributed by atoms with Crippen LogP contribution in [0.5, 0.6) is 0 Å². The molecule has 0 N–H and O–H groups in total. The molecule has 0 aromatic heterocycles. The molecule has 0 amide bonds. The lowest BCUT2D eigenvalue weighted by Crippen LogP contribution is -2.39. The van der Waals surface area contributed by atoms with Crippen LogP contribution in [0.2, 0.25) is 13.1 Å². The molecular weight excluding hydrogens is 297 g/mol. The van der Waals surface area contributed by atoms with Gasteiger partial charge in [0, 0.05) is 0 Å². The second-order valence-corrected chi connectivity index (χ2v) is 8.97. The summed E-state index contributed by atoms with van der Waals surface area (Å²) in [6.07, 6.45) is -4.25. The van der Waals surface area contributed by atoms with E-state index >= 15 is 0 Å². The predicted octanol–water partition coefficient (Wildman–Crippen LogP) is 4.07. The average Bonchev–Trinajstić information content (AvgIpc) is 2.16. The topological polar surface area (TPSA) is 0 Å². The van der Waals surface area contributed by atoms with Crippen LogP contribution in [0.25, 0.3) is 0 Å². The number of rotatable bonds is 2. The van der Waals surface area contributed by atoms with Gasteiger partial charge in [0.2, 0.25) is 0 Å². The van der Waals surface area contributed by atoms with Crippen molar-refractivity contribution in [3.05, 3.63) is 40.5 Å². The molecule has 0 fully saturated rings. The fraction of sp³-hybridized carbons (Fsp3) is 0.273. The fourth-order valence-corrected chi connectivity index (χ4v) is 4.86. The highest BCUT2D eigenvalue weighted by Gasteiger charge is 2.30. The van der Waals surface area contributed by atoms with Crippen molar-refractivity contribution in [2.24, 2.45) is 0 Å². The van der Waals surface area contributed by atoms with Gasteiger partial charge in [-0.1, -0.05) is 64.2 Å². The lowest BCUT2D eigenvalue weighted by molar-refractivity contribution is -0.137. The van der Waals surface area contributed by atoms with Crippen molar-refractivity contribution in [1.82, 2.24) is 0 Å². The molecule has 0 radical (unpaired) electrons. The SMILES string of the molecule is C[Si](C)(/C=C/Br)c1ccc(C(F)(F)F)cc1. The molecule has 0 atom stereocenters. The molecular formula is C11H12BrF3Si. The Labute approximate surface area is 102 Å². The highest BCUT2D eigenvalue weighted by atomic mass is 79.9. The van der Waals surface area contributed by atoms with Crippen LogP contribution in [0.3, 0.4) is 0 Å². The van der Waals surface area contributed by atoms with Gasteiger partial charge in [0.15, 0.2) is 0 Å². The van der Waals surface area contributed by atoms with E-state index in [0.717, 1.165) is 17.3 Å². The zero-order chi connectivity index (χ0) is 12.4. The van der Waals surface area contributed by atoms with Crippen LogP contribution in [0.4, 0.5) is 13.2 Å². The van der Waals surface area contributed by atoms with Crippen LogP contribution < -0.4 is 5.19 Å². The Bertz CT molecular complexity index is 379. The Balaban J connectivity index is 3.04. The second kappa shape index (κ2) is 4.75. The van der Waals surface area contributed by atoms with Gasteiger partial charge >= 0.3 is 6.18 Å². The van der Waals surface area contributed by atoms with Crippen molar-refractivity contribution in [2.45, 2.75) is 19.3 Å². The highest BCUT2D eigenvalue weighted by molar-refractivity contribution is 9.11. The summed E-state index contributed by atoms with van der Waals surface area (Å²) >= 11 is 3.20. The molecule has 0 heterocycles. The first-order valence-corrected chi connectivity index (χ1v) is 8.72. The van der Waals surface area contributed by atoms with Crippen molar-refractivity contribution in [2.75, 3.05) is 0 Å². The minimum absolute atomic E-state index is 0.594. The van der Waals surface area contributed by atoms with Crippen LogP contribution in [0.1, 0.15) is 5.56 Å². The summed E-state index contributed by atoms with van der Waals surface area (Å²) < 4.78 is 37.1. The van der Waals surface area contributed by atoms with Gasteiger partial charge in [0.1, 0.15) is 8.07 Å². The van der Waals surface area contributed by atoms with Crippen LogP contribution in [-0.4, -0.2) is 8.07 Å². The number of alkyl halides is 3. The predicted molar refractivity (Wildman–Crippen MR) is 66.6 cm³/mol. The van der Waals surface area contributed by atoms with E-state index in [1.54, 1.807) is 17.1 Å². The van der Waals surface area contributed by atoms with Gasteiger partial charge < -0.3 is 0 Å². The normalized spacial score (nSPS) is 13.4. The quantitative estimate of drug-likeness (QED) is 0.723. The maximum atomic E-state index is 12.4. The molecule has 0 aliphatic heterocycles. The van der Waals surface area contributed by atoms with Crippen LogP contribution >= 0.6 is 15.9 Å². The lowest BCUT2D eigenvalue weighted by Gasteiger charge is -2.18. The lowest BCUT2D eigenvalue weighted by atomic mass is 10.2. The number of benzene rings is 1. The monoisotopic (exact) mass is 308 g/mol. The Morgan fingerprint density at radius 2 is 1.62 bits per heavy atom. The summed E-state index contributed by atoms with van der Waals surface area (Å²) in [6, 6.07) is 5.43. The van der Waals surface area contributed by atoms with E-state index in [-0.39, 0.29) is 0 Å². The second-order valence-electron chi connectivity index (χ2n) is 4.09. The van der Waals surface area contributed by atoms with Crippen molar-refractivity contribution in [3.8, 4) is 0 Å². The molecule has 0 saturated heterocycles. The molecule has 0 unspecified atom stereocenters. The zero-order valence-corrected chi connectivity index (χ0v) is 11.6. The molecule has 0 saturated carbocycles. The first kappa shape index (κ1) is 13.5. The summed E-state index contributed by atoms with van der Waals surface area (Å²) in [7, 11) is -1.76. The molecule has 0 bridgehead atoms. The third kappa shape index (κ3) is 3.22. The van der Waals surface area contributed by atoms with E-state index in [2.05, 4.69) is 29.0 Å². The van der Waals surface area contributed by atoms with Crippen molar-refractivity contribution >= 4 is 29.2 Å². The van der Waals surface area contributed by atoms with E-state index in [4.69, 9.17) is 0 Å². The third-order valence-electron chi connectivity index (χ3n) is 2.44. The maximum Gasteiger partial charge on any atom is 0.416 e. The third-order valence-corrected chi connectivity index (χ3v) is 6.01. The summed E-state index contributed by atoms with van der Waals surface area (Å²) in [4.78, 5) is 1.77. The molecule has 5 heteroatoms. The van der Waals surface area contributed by atoms with Crippen molar-refractivity contribution in [3.63, 3.8) is 0 Å². The zero-order valence-electron chi connectivity index (χ0n) is 8.98. The summed E-state index contributed by atoms with van der Waals surface area (Å²) in [5.41, 5.74) is 1.43. The smallest absolute Gasteiger partial charge is 0.166 e. The van der Waals surface area contributed by atoms with E-state index in [1.807, 2.05) is 5.70 Å². The maximum absolute atomic E-state index is 12.4. The molecule has 1 aromatic rings. The Kier molecular flexibility index (Phi) is 4.01. The molecule has 0 aliphatic rings. The Morgan fingerprint density at radius 1 is 1.12 bits per heavy atom. The van der Waals surface area contributed by atoms with Gasteiger partial charge in [-0.2, -0.15) is 13.2 Å². The number of halogens is 4. The molecule has 1 rings (SSSR count). The van der Waals surface area contributed by atoms with Gasteiger partial charge in [0.25, 0.3) is 0 Å². The van der Waals surface area contributed by atoms with Crippen molar-refractivity contribution < 1.29 is 13.2 Å². The summed E-state index contributed by atoms with van der Waals surface area (Å²) in [5.74, 6) is 0. The molecule has 0 nitrogen and oxygen atoms in total. The van der Waals surface area contributed by atoms with E-state index in [0.29, 0.717) is 0 Å². The fourth-order valence-electron chi connectivity index (χ4n) is 1.34. The van der Waals surface area contributed by atoms with Gasteiger partial charge in [-0.25, -0.2) is 0 Å². The van der Waals surface area contributed by atoms with E-state index in [1.165, 1.54) is 0 Å². The minimum atomic E-state index is -4.25. The molecule has 1 aromatic carbocycles. The van der Waals surface area contributed by atoms with Crippen LogP contribution in [-0.2, 0) is 6.18 Å². The Hall–Kier alpha value is -0.553. The minimum Gasteiger partial charge on any atom is -0.166 e. The average molecular weight is 309 g/mol. The van der Waals surface area contributed by atoms with Gasteiger partial charge in [-0.05, 0) is 4.99 Å². The number of hydrogen-bond acceptors (Lipinski definition) is 0. The molecule has 0 aliphatic carbocycles. The first-order chi connectivity index (χ1) is 7.27. The summed E-state index contributed by atoms with van der Waals surface area (Å²) in [6.45, 7) is 4.15. The van der Waals surface area contributed by atoms with E-state index < -0.39 is 19.8 Å². The summed E-state index contributed by atoms with van der Waals surface area (Å²) in [5, 5.41) is 0.983. The van der Waals surface area contributed by atoms with Crippen LogP contribution in [0, 0.1) is 0 Å². The first-order valence-electron chi connectivity index (χ1n) is 4.73.